The van der Waals surface area contributed by atoms with E-state index in [1.807, 2.05) is 12.1 Å². The third-order valence-corrected chi connectivity index (χ3v) is 11.7. The standard InChI is InChI=1S/C55H34N4O/c1-4-14-35(15-5-1)37-24-26-38(27-25-37)53-56-54(40-29-31-49-46(32-40)43-21-12-13-23-48(43)59(49)41-18-8-3-9-19-41)58-55(57-53)47-34-51-52(44-22-11-10-20-42(44)47)45-30-28-39(33-50(45)60-51)36-16-6-2-7-17-36/h1-34H. The van der Waals surface area contributed by atoms with Crippen molar-refractivity contribution in [3.63, 3.8) is 0 Å². The van der Waals surface area contributed by atoms with Crippen LogP contribution in [-0.4, -0.2) is 19.5 Å². The van der Waals surface area contributed by atoms with Gasteiger partial charge < -0.3 is 8.98 Å². The van der Waals surface area contributed by atoms with Crippen LogP contribution in [0.15, 0.2) is 211 Å². The van der Waals surface area contributed by atoms with E-state index in [2.05, 4.69) is 199 Å². The first kappa shape index (κ1) is 33.9. The highest BCUT2D eigenvalue weighted by Gasteiger charge is 2.20. The van der Waals surface area contributed by atoms with Gasteiger partial charge in [-0.15, -0.1) is 0 Å². The van der Waals surface area contributed by atoms with E-state index in [9.17, 15) is 0 Å². The van der Waals surface area contributed by atoms with Gasteiger partial charge in [-0.05, 0) is 87.6 Å². The summed E-state index contributed by atoms with van der Waals surface area (Å²) in [6, 6.07) is 72.1. The van der Waals surface area contributed by atoms with Gasteiger partial charge in [-0.1, -0.05) is 152 Å². The predicted molar refractivity (Wildman–Crippen MR) is 246 cm³/mol. The molecule has 12 aromatic rings. The summed E-state index contributed by atoms with van der Waals surface area (Å²) >= 11 is 0. The zero-order valence-corrected chi connectivity index (χ0v) is 32.3. The SMILES string of the molecule is c1ccc(-c2ccc(-c3nc(-c4ccc5c(c4)c4ccccc4n5-c4ccccc4)nc(-c4cc5oc6cc(-c7ccccc7)ccc6c5c5ccccc45)n3)cc2)cc1. The van der Waals surface area contributed by atoms with Crippen LogP contribution >= 0.6 is 0 Å². The van der Waals surface area contributed by atoms with Gasteiger partial charge in [0.15, 0.2) is 17.5 Å². The predicted octanol–water partition coefficient (Wildman–Crippen LogP) is 14.4. The summed E-state index contributed by atoms with van der Waals surface area (Å²) in [6.07, 6.45) is 0. The largest absolute Gasteiger partial charge is 0.456 e. The number of rotatable bonds is 6. The summed E-state index contributed by atoms with van der Waals surface area (Å²) < 4.78 is 9.05. The second kappa shape index (κ2) is 13.8. The van der Waals surface area contributed by atoms with Gasteiger partial charge in [-0.2, -0.15) is 0 Å². The fourth-order valence-electron chi connectivity index (χ4n) is 8.80. The summed E-state index contributed by atoms with van der Waals surface area (Å²) in [5.74, 6) is 1.78. The fraction of sp³-hybridized carbons (Fsp3) is 0. The summed E-state index contributed by atoms with van der Waals surface area (Å²) in [6.45, 7) is 0. The highest BCUT2D eigenvalue weighted by atomic mass is 16.3. The Kier molecular flexibility index (Phi) is 7.78. The molecule has 0 spiro atoms. The maximum atomic E-state index is 6.72. The molecule has 0 aliphatic rings. The number of benzene rings is 9. The van der Waals surface area contributed by atoms with E-state index in [0.717, 1.165) is 93.8 Å². The fourth-order valence-corrected chi connectivity index (χ4v) is 8.80. The van der Waals surface area contributed by atoms with Gasteiger partial charge in [-0.3, -0.25) is 0 Å². The molecule has 3 aromatic heterocycles. The molecule has 0 bridgehead atoms. The molecule has 0 saturated carbocycles. The molecule has 0 amide bonds. The molecule has 5 nitrogen and oxygen atoms in total. The van der Waals surface area contributed by atoms with Crippen LogP contribution < -0.4 is 0 Å². The minimum absolute atomic E-state index is 0.581. The third-order valence-electron chi connectivity index (χ3n) is 11.7. The zero-order chi connectivity index (χ0) is 39.6. The van der Waals surface area contributed by atoms with E-state index >= 15 is 0 Å². The van der Waals surface area contributed by atoms with Crippen LogP contribution in [0.5, 0.6) is 0 Å². The number of aromatic nitrogens is 4. The van der Waals surface area contributed by atoms with E-state index in [1.54, 1.807) is 0 Å². The van der Waals surface area contributed by atoms with Crippen LogP contribution in [0.1, 0.15) is 0 Å². The molecule has 3 heterocycles. The molecular weight excluding hydrogens is 733 g/mol. The topological polar surface area (TPSA) is 56.7 Å². The van der Waals surface area contributed by atoms with Crippen LogP contribution in [0.4, 0.5) is 0 Å². The Morgan fingerprint density at radius 2 is 0.850 bits per heavy atom. The van der Waals surface area contributed by atoms with Gasteiger partial charge in [0, 0.05) is 43.9 Å². The second-order valence-electron chi connectivity index (χ2n) is 15.2. The van der Waals surface area contributed by atoms with Crippen LogP contribution in [0, 0.1) is 0 Å². The Morgan fingerprint density at radius 1 is 0.317 bits per heavy atom. The highest BCUT2D eigenvalue weighted by molar-refractivity contribution is 6.22. The van der Waals surface area contributed by atoms with Crippen molar-refractivity contribution in [2.75, 3.05) is 0 Å². The lowest BCUT2D eigenvalue weighted by Crippen LogP contribution is -2.01. The van der Waals surface area contributed by atoms with Crippen molar-refractivity contribution in [2.24, 2.45) is 0 Å². The van der Waals surface area contributed by atoms with Gasteiger partial charge in [-0.25, -0.2) is 15.0 Å². The van der Waals surface area contributed by atoms with Crippen molar-refractivity contribution in [3.8, 4) is 62.1 Å². The Hall–Kier alpha value is -8.15. The van der Waals surface area contributed by atoms with Crippen molar-refractivity contribution in [3.05, 3.63) is 206 Å². The molecule has 280 valence electrons. The second-order valence-corrected chi connectivity index (χ2v) is 15.2. The molecule has 0 unspecified atom stereocenters. The number of furan rings is 1. The first-order chi connectivity index (χ1) is 29.7. The monoisotopic (exact) mass is 766 g/mol. The molecule has 0 aliphatic carbocycles. The first-order valence-corrected chi connectivity index (χ1v) is 20.2. The molecule has 0 N–H and O–H groups in total. The Balaban J connectivity index is 1.07. The van der Waals surface area contributed by atoms with Gasteiger partial charge in [0.25, 0.3) is 0 Å². The van der Waals surface area contributed by atoms with Crippen molar-refractivity contribution in [1.29, 1.82) is 0 Å². The maximum Gasteiger partial charge on any atom is 0.164 e. The highest BCUT2D eigenvalue weighted by Crippen LogP contribution is 2.41. The Bertz CT molecular complexity index is 3570. The average molecular weight is 767 g/mol. The molecule has 0 aliphatic heterocycles. The van der Waals surface area contributed by atoms with E-state index in [0.29, 0.717) is 17.5 Å². The molecule has 0 saturated heterocycles. The van der Waals surface area contributed by atoms with E-state index < -0.39 is 0 Å². The number of hydrogen-bond donors (Lipinski definition) is 0. The van der Waals surface area contributed by atoms with Crippen LogP contribution in [0.2, 0.25) is 0 Å². The quantitative estimate of drug-likeness (QED) is 0.169. The minimum atomic E-state index is 0.581. The summed E-state index contributed by atoms with van der Waals surface area (Å²) in [5, 5.41) is 6.58. The van der Waals surface area contributed by atoms with Gasteiger partial charge in [0.1, 0.15) is 11.2 Å². The molecule has 9 aromatic carbocycles. The first-order valence-electron chi connectivity index (χ1n) is 20.2. The van der Waals surface area contributed by atoms with Gasteiger partial charge in [0.2, 0.25) is 0 Å². The third kappa shape index (κ3) is 5.59. The van der Waals surface area contributed by atoms with Crippen LogP contribution in [0.25, 0.3) is 117 Å². The maximum absolute atomic E-state index is 6.72. The van der Waals surface area contributed by atoms with Crippen molar-refractivity contribution in [1.82, 2.24) is 19.5 Å². The van der Waals surface area contributed by atoms with Crippen molar-refractivity contribution >= 4 is 54.5 Å². The Morgan fingerprint density at radius 3 is 1.60 bits per heavy atom. The molecule has 5 heteroatoms. The van der Waals surface area contributed by atoms with Gasteiger partial charge in [0.05, 0.1) is 11.0 Å². The van der Waals surface area contributed by atoms with Crippen LogP contribution in [-0.2, 0) is 0 Å². The zero-order valence-electron chi connectivity index (χ0n) is 32.3. The summed E-state index contributed by atoms with van der Waals surface area (Å²) in [5.41, 5.74) is 12.3. The molecular formula is C55H34N4O. The average Bonchev–Trinajstić information content (AvgIpc) is 3.87. The van der Waals surface area contributed by atoms with E-state index in [-0.39, 0.29) is 0 Å². The Labute approximate surface area is 345 Å². The summed E-state index contributed by atoms with van der Waals surface area (Å²) in [7, 11) is 0. The lowest BCUT2D eigenvalue weighted by atomic mass is 9.97. The van der Waals surface area contributed by atoms with Crippen molar-refractivity contribution in [2.45, 2.75) is 0 Å². The number of nitrogens with zero attached hydrogens (tertiary/aromatic N) is 4. The molecule has 0 radical (unpaired) electrons. The van der Waals surface area contributed by atoms with E-state index in [4.69, 9.17) is 19.4 Å². The van der Waals surface area contributed by atoms with Crippen LogP contribution in [0.3, 0.4) is 0 Å². The minimum Gasteiger partial charge on any atom is -0.456 e. The molecule has 0 atom stereocenters. The molecule has 12 rings (SSSR count). The summed E-state index contributed by atoms with van der Waals surface area (Å²) in [4.78, 5) is 15.8. The van der Waals surface area contributed by atoms with Crippen molar-refractivity contribution < 1.29 is 4.42 Å². The number of fused-ring (bicyclic) bond motifs is 8. The lowest BCUT2D eigenvalue weighted by molar-refractivity contribution is 0.669. The van der Waals surface area contributed by atoms with Gasteiger partial charge >= 0.3 is 0 Å². The number of para-hydroxylation sites is 2. The molecule has 60 heavy (non-hydrogen) atoms. The van der Waals surface area contributed by atoms with E-state index in [1.165, 1.54) is 5.39 Å². The smallest absolute Gasteiger partial charge is 0.164 e. The normalized spacial score (nSPS) is 11.7. The molecule has 0 fully saturated rings. The number of hydrogen-bond acceptors (Lipinski definition) is 4. The lowest BCUT2D eigenvalue weighted by Gasteiger charge is -2.12.